The molecule has 0 saturated heterocycles. The van der Waals surface area contributed by atoms with E-state index in [9.17, 15) is 4.79 Å². The molecule has 3 heteroatoms. The highest BCUT2D eigenvalue weighted by Gasteiger charge is 2.11. The molecule has 0 aliphatic rings. The van der Waals surface area contributed by atoms with E-state index in [1.54, 1.807) is 0 Å². The van der Waals surface area contributed by atoms with Gasteiger partial charge >= 0.3 is 0 Å². The molecule has 108 valence electrons. The molecule has 1 unspecified atom stereocenters. The number of hydrogen-bond acceptors (Lipinski definition) is 2. The predicted octanol–water partition coefficient (Wildman–Crippen LogP) is 3.10. The van der Waals surface area contributed by atoms with E-state index in [2.05, 4.69) is 52.2 Å². The lowest BCUT2D eigenvalue weighted by molar-refractivity contribution is -0.121. The second kappa shape index (κ2) is 8.52. The fraction of sp³-hybridized carbons (Fsp3) is 0.933. The normalized spacial score (nSPS) is 13.7. The van der Waals surface area contributed by atoms with Crippen LogP contribution in [0.3, 0.4) is 0 Å². The van der Waals surface area contributed by atoms with Crippen LogP contribution in [0.1, 0.15) is 67.2 Å². The van der Waals surface area contributed by atoms with Crippen LogP contribution in [-0.4, -0.2) is 24.0 Å². The first-order valence-electron chi connectivity index (χ1n) is 7.25. The van der Waals surface area contributed by atoms with Crippen LogP contribution in [0.15, 0.2) is 0 Å². The maximum Gasteiger partial charge on any atom is 0.221 e. The fourth-order valence-electron chi connectivity index (χ4n) is 1.80. The minimum Gasteiger partial charge on any atom is -0.354 e. The Morgan fingerprint density at radius 3 is 2.22 bits per heavy atom. The molecule has 0 aromatic rings. The summed E-state index contributed by atoms with van der Waals surface area (Å²) < 4.78 is 0. The zero-order valence-corrected chi connectivity index (χ0v) is 13.1. The molecule has 1 atom stereocenters. The predicted molar refractivity (Wildman–Crippen MR) is 78.7 cm³/mol. The number of rotatable bonds is 8. The van der Waals surface area contributed by atoms with Crippen molar-refractivity contribution in [2.24, 2.45) is 5.92 Å². The third-order valence-electron chi connectivity index (χ3n) is 2.83. The number of hydrogen-bond donors (Lipinski definition) is 2. The van der Waals surface area contributed by atoms with Gasteiger partial charge in [0, 0.05) is 24.5 Å². The van der Waals surface area contributed by atoms with E-state index in [0.717, 1.165) is 18.9 Å². The Morgan fingerprint density at radius 1 is 1.11 bits per heavy atom. The van der Waals surface area contributed by atoms with Crippen molar-refractivity contribution >= 4 is 5.91 Å². The minimum absolute atomic E-state index is 0.0865. The number of nitrogens with one attached hydrogen (secondary N) is 2. The molecule has 0 aliphatic heterocycles. The topological polar surface area (TPSA) is 41.1 Å². The van der Waals surface area contributed by atoms with Crippen LogP contribution in [0.2, 0.25) is 0 Å². The Kier molecular flexibility index (Phi) is 8.25. The third kappa shape index (κ3) is 11.9. The summed E-state index contributed by atoms with van der Waals surface area (Å²) in [6.45, 7) is 13.6. The molecule has 0 aliphatic carbocycles. The Labute approximate surface area is 113 Å². The molecule has 0 fully saturated rings. The van der Waals surface area contributed by atoms with Crippen LogP contribution in [-0.2, 0) is 4.79 Å². The first kappa shape index (κ1) is 17.4. The molecule has 0 radical (unpaired) electrons. The zero-order valence-electron chi connectivity index (χ0n) is 13.1. The quantitative estimate of drug-likeness (QED) is 0.700. The maximum absolute atomic E-state index is 11.7. The zero-order chi connectivity index (χ0) is 14.2. The lowest BCUT2D eigenvalue weighted by Crippen LogP contribution is -2.40. The third-order valence-corrected chi connectivity index (χ3v) is 2.83. The van der Waals surface area contributed by atoms with Crippen LogP contribution in [0.5, 0.6) is 0 Å². The molecule has 18 heavy (non-hydrogen) atoms. The summed E-state index contributed by atoms with van der Waals surface area (Å²) in [5.41, 5.74) is 0.0865. The second-order valence-corrected chi connectivity index (χ2v) is 6.72. The summed E-state index contributed by atoms with van der Waals surface area (Å²) >= 11 is 0. The average molecular weight is 256 g/mol. The van der Waals surface area contributed by atoms with Crippen molar-refractivity contribution in [3.8, 4) is 0 Å². The van der Waals surface area contributed by atoms with Gasteiger partial charge in [-0.3, -0.25) is 4.79 Å². The van der Waals surface area contributed by atoms with Gasteiger partial charge in [0.15, 0.2) is 0 Å². The summed E-state index contributed by atoms with van der Waals surface area (Å²) in [5.74, 6) is 0.910. The van der Waals surface area contributed by atoms with Gasteiger partial charge in [-0.05, 0) is 40.0 Å². The Balaban J connectivity index is 3.61. The Bertz CT molecular complexity index is 231. The minimum atomic E-state index is 0.0865. The first-order valence-corrected chi connectivity index (χ1v) is 7.25. The molecule has 3 nitrogen and oxygen atoms in total. The summed E-state index contributed by atoms with van der Waals surface area (Å²) in [5, 5.41) is 6.38. The van der Waals surface area contributed by atoms with Crippen LogP contribution < -0.4 is 10.6 Å². The van der Waals surface area contributed by atoms with Gasteiger partial charge in [0.2, 0.25) is 5.91 Å². The highest BCUT2D eigenvalue weighted by atomic mass is 16.1. The van der Waals surface area contributed by atoms with Crippen molar-refractivity contribution in [3.05, 3.63) is 0 Å². The largest absolute Gasteiger partial charge is 0.354 e. The molecule has 0 heterocycles. The Hall–Kier alpha value is -0.570. The monoisotopic (exact) mass is 256 g/mol. The second-order valence-electron chi connectivity index (χ2n) is 6.72. The highest BCUT2D eigenvalue weighted by Crippen LogP contribution is 2.08. The first-order chi connectivity index (χ1) is 8.20. The van der Waals surface area contributed by atoms with Crippen molar-refractivity contribution < 1.29 is 4.79 Å². The lowest BCUT2D eigenvalue weighted by atomic mass is 10.0. The molecular weight excluding hydrogens is 224 g/mol. The average Bonchev–Trinajstić information content (AvgIpc) is 2.14. The lowest BCUT2D eigenvalue weighted by Gasteiger charge is -2.20. The van der Waals surface area contributed by atoms with Crippen molar-refractivity contribution in [2.45, 2.75) is 78.8 Å². The molecule has 0 saturated carbocycles. The van der Waals surface area contributed by atoms with Gasteiger partial charge in [0.25, 0.3) is 0 Å². The van der Waals surface area contributed by atoms with Gasteiger partial charge in [-0.2, -0.15) is 0 Å². The van der Waals surface area contributed by atoms with Crippen molar-refractivity contribution in [2.75, 3.05) is 6.54 Å². The highest BCUT2D eigenvalue weighted by molar-refractivity contribution is 5.76. The van der Waals surface area contributed by atoms with E-state index in [1.165, 1.54) is 12.8 Å². The van der Waals surface area contributed by atoms with Gasteiger partial charge in [-0.1, -0.05) is 26.7 Å². The van der Waals surface area contributed by atoms with E-state index in [-0.39, 0.29) is 11.4 Å². The number of amides is 1. The molecule has 1 amide bonds. The van der Waals surface area contributed by atoms with E-state index in [1.807, 2.05) is 0 Å². The summed E-state index contributed by atoms with van der Waals surface area (Å²) in [4.78, 5) is 11.7. The molecule has 0 rings (SSSR count). The van der Waals surface area contributed by atoms with E-state index < -0.39 is 0 Å². The van der Waals surface area contributed by atoms with Crippen LogP contribution in [0, 0.1) is 5.92 Å². The van der Waals surface area contributed by atoms with Gasteiger partial charge < -0.3 is 10.6 Å². The van der Waals surface area contributed by atoms with Gasteiger partial charge in [-0.15, -0.1) is 0 Å². The molecule has 0 bridgehead atoms. The van der Waals surface area contributed by atoms with Gasteiger partial charge in [-0.25, -0.2) is 0 Å². The van der Waals surface area contributed by atoms with Gasteiger partial charge in [0.1, 0.15) is 0 Å². The smallest absolute Gasteiger partial charge is 0.221 e. The molecule has 0 spiro atoms. The standard InChI is InChI=1S/C15H32N2O/c1-12(2)8-7-9-13(3)17-14(18)10-11-16-15(4,5)6/h12-13,16H,7-11H2,1-6H3,(H,17,18). The Morgan fingerprint density at radius 2 is 1.72 bits per heavy atom. The van der Waals surface area contributed by atoms with Gasteiger partial charge in [0.05, 0.1) is 0 Å². The SMILES string of the molecule is CC(C)CCCC(C)NC(=O)CCNC(C)(C)C. The van der Waals surface area contributed by atoms with Crippen molar-refractivity contribution in [3.63, 3.8) is 0 Å². The van der Waals surface area contributed by atoms with Crippen molar-refractivity contribution in [1.29, 1.82) is 0 Å². The fourth-order valence-corrected chi connectivity index (χ4v) is 1.80. The summed E-state index contributed by atoms with van der Waals surface area (Å²) in [7, 11) is 0. The van der Waals surface area contributed by atoms with Crippen LogP contribution in [0.4, 0.5) is 0 Å². The van der Waals surface area contributed by atoms with Crippen LogP contribution in [0.25, 0.3) is 0 Å². The number of carbonyl (C=O) groups excluding carboxylic acids is 1. The van der Waals surface area contributed by atoms with E-state index >= 15 is 0 Å². The molecule has 0 aromatic carbocycles. The maximum atomic E-state index is 11.7. The van der Waals surface area contributed by atoms with Crippen molar-refractivity contribution in [1.82, 2.24) is 10.6 Å². The van der Waals surface area contributed by atoms with Crippen LogP contribution >= 0.6 is 0 Å². The molecule has 2 N–H and O–H groups in total. The van der Waals surface area contributed by atoms with E-state index in [4.69, 9.17) is 0 Å². The molecule has 0 aromatic heterocycles. The number of carbonyl (C=O) groups is 1. The summed E-state index contributed by atoms with van der Waals surface area (Å²) in [6.07, 6.45) is 4.08. The van der Waals surface area contributed by atoms with E-state index in [0.29, 0.717) is 12.5 Å². The summed E-state index contributed by atoms with van der Waals surface area (Å²) in [6, 6.07) is 0.297. The molecular formula is C15H32N2O.